The summed E-state index contributed by atoms with van der Waals surface area (Å²) >= 11 is 1.12. The number of nitrogens with zero attached hydrogens (tertiary/aromatic N) is 2. The Balaban J connectivity index is 2.28. The van der Waals surface area contributed by atoms with Crippen LogP contribution in [0.3, 0.4) is 0 Å². The second kappa shape index (κ2) is 4.28. The van der Waals surface area contributed by atoms with Gasteiger partial charge in [0, 0.05) is 17.2 Å². The quantitative estimate of drug-likeness (QED) is 0.775. The van der Waals surface area contributed by atoms with Crippen LogP contribution in [-0.4, -0.2) is 15.5 Å². The Labute approximate surface area is 96.5 Å². The molecule has 0 aliphatic rings. The van der Waals surface area contributed by atoms with Gasteiger partial charge < -0.3 is 11.1 Å². The molecule has 0 fully saturated rings. The van der Waals surface area contributed by atoms with Crippen LogP contribution in [0.2, 0.25) is 0 Å². The molecule has 0 saturated heterocycles. The highest BCUT2D eigenvalue weighted by Gasteiger charge is 2.13. The van der Waals surface area contributed by atoms with Crippen molar-refractivity contribution < 1.29 is 4.79 Å². The van der Waals surface area contributed by atoms with Gasteiger partial charge >= 0.3 is 0 Å². The molecule has 0 unspecified atom stereocenters. The summed E-state index contributed by atoms with van der Waals surface area (Å²) in [5.41, 5.74) is 7.57. The highest BCUT2D eigenvalue weighted by molar-refractivity contribution is 7.10. The lowest BCUT2D eigenvalue weighted by Gasteiger charge is -2.07. The Kier molecular flexibility index (Phi) is 2.82. The molecule has 0 saturated carbocycles. The van der Waals surface area contributed by atoms with Crippen molar-refractivity contribution in [3.05, 3.63) is 35.5 Å². The van der Waals surface area contributed by atoms with E-state index in [1.165, 1.54) is 6.20 Å². The van der Waals surface area contributed by atoms with Crippen molar-refractivity contribution in [1.82, 2.24) is 9.59 Å². The first-order valence-electron chi connectivity index (χ1n) is 4.62. The molecule has 82 valence electrons. The van der Waals surface area contributed by atoms with Gasteiger partial charge in [-0.15, -0.1) is 5.10 Å². The number of rotatable bonds is 2. The van der Waals surface area contributed by atoms with E-state index in [0.717, 1.165) is 17.1 Å². The number of anilines is 2. The molecule has 6 heteroatoms. The minimum absolute atomic E-state index is 0.235. The van der Waals surface area contributed by atoms with Crippen molar-refractivity contribution in [2.75, 3.05) is 11.1 Å². The largest absolute Gasteiger partial charge is 0.398 e. The van der Waals surface area contributed by atoms with Crippen LogP contribution in [0.1, 0.15) is 15.9 Å². The number of amides is 1. The summed E-state index contributed by atoms with van der Waals surface area (Å²) in [4.78, 5) is 11.9. The molecule has 0 radical (unpaired) electrons. The Morgan fingerprint density at radius 2 is 2.31 bits per heavy atom. The summed E-state index contributed by atoms with van der Waals surface area (Å²) in [6.45, 7) is 1.84. The average Bonchev–Trinajstić information content (AvgIpc) is 2.70. The Morgan fingerprint density at radius 3 is 2.94 bits per heavy atom. The zero-order chi connectivity index (χ0) is 11.5. The molecule has 1 heterocycles. The fraction of sp³-hybridized carbons (Fsp3) is 0.100. The third-order valence-corrected chi connectivity index (χ3v) is 2.71. The molecule has 1 aromatic carbocycles. The summed E-state index contributed by atoms with van der Waals surface area (Å²) in [7, 11) is 0. The molecule has 0 bridgehead atoms. The van der Waals surface area contributed by atoms with Gasteiger partial charge in [-0.3, -0.25) is 4.79 Å². The fourth-order valence-corrected chi connectivity index (χ4v) is 1.81. The first kappa shape index (κ1) is 10.6. The number of nitrogens with two attached hydrogens (primary N) is 1. The van der Waals surface area contributed by atoms with Crippen LogP contribution in [0, 0.1) is 6.92 Å². The molecule has 0 spiro atoms. The molecular formula is C10H10N4OS. The van der Waals surface area contributed by atoms with E-state index in [1.807, 2.05) is 19.1 Å². The third kappa shape index (κ3) is 2.01. The van der Waals surface area contributed by atoms with E-state index in [0.29, 0.717) is 16.3 Å². The van der Waals surface area contributed by atoms with Crippen LogP contribution in [-0.2, 0) is 0 Å². The summed E-state index contributed by atoms with van der Waals surface area (Å²) in [5, 5.41) is 6.94. The standard InChI is InChI=1S/C10H10N4OS/c1-6-3-2-4-7(11)9(6)10(15)13-8-5-12-14-16-8/h2-5H,11H2,1H3,(H,13,15). The Bertz CT molecular complexity index is 489. The summed E-state index contributed by atoms with van der Waals surface area (Å²) in [6, 6.07) is 5.36. The molecule has 1 amide bonds. The molecule has 0 aliphatic heterocycles. The van der Waals surface area contributed by atoms with Gasteiger partial charge in [0.15, 0.2) is 0 Å². The fourth-order valence-electron chi connectivity index (χ4n) is 1.40. The smallest absolute Gasteiger partial charge is 0.258 e. The van der Waals surface area contributed by atoms with E-state index < -0.39 is 0 Å². The maximum Gasteiger partial charge on any atom is 0.258 e. The number of hydrogen-bond donors (Lipinski definition) is 2. The number of nitrogen functional groups attached to an aromatic ring is 1. The van der Waals surface area contributed by atoms with Gasteiger partial charge in [0.25, 0.3) is 5.91 Å². The summed E-state index contributed by atoms with van der Waals surface area (Å²) in [5.74, 6) is -0.235. The van der Waals surface area contributed by atoms with Crippen LogP contribution < -0.4 is 11.1 Å². The van der Waals surface area contributed by atoms with Crippen LogP contribution in [0.5, 0.6) is 0 Å². The van der Waals surface area contributed by atoms with Crippen molar-refractivity contribution in [1.29, 1.82) is 0 Å². The highest BCUT2D eigenvalue weighted by atomic mass is 32.1. The maximum absolute atomic E-state index is 11.9. The zero-order valence-corrected chi connectivity index (χ0v) is 9.41. The van der Waals surface area contributed by atoms with Gasteiger partial charge in [-0.2, -0.15) is 0 Å². The molecule has 3 N–H and O–H groups in total. The number of carbonyl (C=O) groups excluding carboxylic acids is 1. The lowest BCUT2D eigenvalue weighted by molar-refractivity contribution is 0.102. The normalized spacial score (nSPS) is 10.1. The minimum Gasteiger partial charge on any atom is -0.398 e. The topological polar surface area (TPSA) is 80.9 Å². The zero-order valence-electron chi connectivity index (χ0n) is 8.60. The van der Waals surface area contributed by atoms with Crippen LogP contribution >= 0.6 is 11.5 Å². The third-order valence-electron chi connectivity index (χ3n) is 2.13. The van der Waals surface area contributed by atoms with E-state index >= 15 is 0 Å². The molecule has 0 aliphatic carbocycles. The summed E-state index contributed by atoms with van der Waals surface area (Å²) < 4.78 is 3.66. The van der Waals surface area contributed by atoms with Gasteiger partial charge in [-0.1, -0.05) is 16.6 Å². The Morgan fingerprint density at radius 1 is 1.50 bits per heavy atom. The molecule has 0 atom stereocenters. The number of nitrogens with one attached hydrogen (secondary N) is 1. The van der Waals surface area contributed by atoms with Gasteiger partial charge in [0.1, 0.15) is 5.00 Å². The van der Waals surface area contributed by atoms with E-state index in [2.05, 4.69) is 14.9 Å². The van der Waals surface area contributed by atoms with Crippen molar-refractivity contribution >= 4 is 28.1 Å². The second-order valence-electron chi connectivity index (χ2n) is 3.28. The Hall–Kier alpha value is -1.95. The van der Waals surface area contributed by atoms with Crippen molar-refractivity contribution in [2.45, 2.75) is 6.92 Å². The molecule has 5 nitrogen and oxygen atoms in total. The molecule has 16 heavy (non-hydrogen) atoms. The van der Waals surface area contributed by atoms with E-state index in [-0.39, 0.29) is 5.91 Å². The highest BCUT2D eigenvalue weighted by Crippen LogP contribution is 2.19. The first-order valence-corrected chi connectivity index (χ1v) is 5.39. The van der Waals surface area contributed by atoms with Gasteiger partial charge in [-0.05, 0) is 18.6 Å². The monoisotopic (exact) mass is 234 g/mol. The van der Waals surface area contributed by atoms with Gasteiger partial charge in [0.2, 0.25) is 0 Å². The SMILES string of the molecule is Cc1cccc(N)c1C(=O)Nc1cnns1. The van der Waals surface area contributed by atoms with E-state index in [9.17, 15) is 4.79 Å². The van der Waals surface area contributed by atoms with Gasteiger partial charge in [-0.25, -0.2) is 0 Å². The number of carbonyl (C=O) groups is 1. The first-order chi connectivity index (χ1) is 7.68. The average molecular weight is 234 g/mol. The van der Waals surface area contributed by atoms with Gasteiger partial charge in [0.05, 0.1) is 11.8 Å². The number of benzene rings is 1. The van der Waals surface area contributed by atoms with Crippen molar-refractivity contribution in [3.8, 4) is 0 Å². The predicted octanol–water partition coefficient (Wildman–Crippen LogP) is 1.68. The van der Waals surface area contributed by atoms with E-state index in [4.69, 9.17) is 5.73 Å². The number of aromatic nitrogens is 2. The molecular weight excluding hydrogens is 224 g/mol. The van der Waals surface area contributed by atoms with Crippen molar-refractivity contribution in [3.63, 3.8) is 0 Å². The van der Waals surface area contributed by atoms with E-state index in [1.54, 1.807) is 6.07 Å². The van der Waals surface area contributed by atoms with Crippen LogP contribution in [0.4, 0.5) is 10.7 Å². The maximum atomic E-state index is 11.9. The summed E-state index contributed by atoms with van der Waals surface area (Å²) in [6.07, 6.45) is 1.50. The lowest BCUT2D eigenvalue weighted by atomic mass is 10.1. The molecule has 2 aromatic rings. The molecule has 2 rings (SSSR count). The van der Waals surface area contributed by atoms with Crippen LogP contribution in [0.15, 0.2) is 24.4 Å². The number of hydrogen-bond acceptors (Lipinski definition) is 5. The minimum atomic E-state index is -0.235. The second-order valence-corrected chi connectivity index (χ2v) is 4.06. The van der Waals surface area contributed by atoms with Crippen molar-refractivity contribution in [2.24, 2.45) is 0 Å². The van der Waals surface area contributed by atoms with Crippen LogP contribution in [0.25, 0.3) is 0 Å². The molecule has 1 aromatic heterocycles. The lowest BCUT2D eigenvalue weighted by Crippen LogP contribution is -2.14. The predicted molar refractivity (Wildman–Crippen MR) is 63.5 cm³/mol. The number of aryl methyl sites for hydroxylation is 1.